The predicted molar refractivity (Wildman–Crippen MR) is 279 cm³/mol. The quantitative estimate of drug-likeness (QED) is 0.0754. The molecular weight excluding hydrogens is 967 g/mol. The van der Waals surface area contributed by atoms with E-state index < -0.39 is 17.8 Å². The Morgan fingerprint density at radius 2 is 1.58 bits per heavy atom. The maximum absolute atomic E-state index is 16.4. The number of halogens is 2. The summed E-state index contributed by atoms with van der Waals surface area (Å²) in [6.07, 6.45) is 10.2. The first-order valence-corrected chi connectivity index (χ1v) is 26.8. The minimum absolute atomic E-state index is 0.00233. The SMILES string of the molecule is Cc1ccc(OCC(=O)N2CCC(OC3CCC(C(=O)NC4CCC(NCC(c5ccccc5)c5ccc(Cl)c(-c6c(C(N)=O)ccc(OC[C@@H]7CCCO7)c6F)c5)CC4)CC3)CC2)cc1N1CCC(=O)NC1=O. The van der Waals surface area contributed by atoms with Gasteiger partial charge in [-0.1, -0.05) is 54.1 Å². The average Bonchev–Trinajstić information content (AvgIpc) is 3.94. The summed E-state index contributed by atoms with van der Waals surface area (Å²) in [6.45, 7) is 4.63. The standard InChI is InChI=1S/C57H68ClFN6O9/c1-35-9-17-43(31-49(35)65-28-25-51(66)63-57(65)70)72-34-52(67)64-26-23-42(24-27-64)74-41-18-10-37(11-19-41)56(69)62-40-15-13-39(14-16-40)61-32-47(36-6-3-2-4-7-36)38-12-21-48(58)46(30-38)53-45(55(60)68)20-22-50(54(53)59)73-33-44-8-5-29-71-44/h2-4,6-7,9,12,17,20-22,30-31,37,39-42,44,47,61H,5,8,10-11,13-16,18-19,23-29,32-34H2,1H3,(H2,60,68)(H,62,69)(H,63,66,70)/t37?,39?,40?,41?,44-,47?/m0/s1. The van der Waals surface area contributed by atoms with Gasteiger partial charge in [-0.3, -0.25) is 29.4 Å². The van der Waals surface area contributed by atoms with Crippen LogP contribution in [-0.4, -0.2) is 111 Å². The molecule has 394 valence electrons. The minimum atomic E-state index is -0.772. The van der Waals surface area contributed by atoms with Gasteiger partial charge in [-0.25, -0.2) is 9.18 Å². The van der Waals surface area contributed by atoms with Gasteiger partial charge in [-0.2, -0.15) is 0 Å². The molecule has 3 aliphatic heterocycles. The molecule has 2 aliphatic carbocycles. The Bertz CT molecular complexity index is 2650. The summed E-state index contributed by atoms with van der Waals surface area (Å²) >= 11 is 6.80. The molecule has 15 nitrogen and oxygen atoms in total. The number of hydrogen-bond donors (Lipinski definition) is 4. The zero-order valence-corrected chi connectivity index (χ0v) is 42.8. The van der Waals surface area contributed by atoms with E-state index in [0.29, 0.717) is 43.2 Å². The molecule has 74 heavy (non-hydrogen) atoms. The monoisotopic (exact) mass is 1030 g/mol. The lowest BCUT2D eigenvalue weighted by atomic mass is 9.85. The molecule has 1 unspecified atom stereocenters. The van der Waals surface area contributed by atoms with Gasteiger partial charge in [0.15, 0.2) is 18.2 Å². The Kier molecular flexibility index (Phi) is 17.5. The van der Waals surface area contributed by atoms with Crippen LogP contribution in [0, 0.1) is 18.7 Å². The van der Waals surface area contributed by atoms with Gasteiger partial charge >= 0.3 is 6.03 Å². The fourth-order valence-corrected chi connectivity index (χ4v) is 11.4. The number of nitrogens with zero attached hydrogens (tertiary/aromatic N) is 2. The lowest BCUT2D eigenvalue weighted by Crippen LogP contribution is -2.49. The highest BCUT2D eigenvalue weighted by molar-refractivity contribution is 6.33. The summed E-state index contributed by atoms with van der Waals surface area (Å²) in [4.78, 5) is 66.8. The zero-order chi connectivity index (χ0) is 51.7. The fourth-order valence-electron chi connectivity index (χ4n) is 11.2. The van der Waals surface area contributed by atoms with Crippen molar-refractivity contribution in [2.45, 2.75) is 127 Å². The molecule has 0 bridgehead atoms. The molecule has 2 atom stereocenters. The molecule has 3 heterocycles. The van der Waals surface area contributed by atoms with Crippen molar-refractivity contribution >= 4 is 46.9 Å². The van der Waals surface area contributed by atoms with E-state index in [2.05, 4.69) is 28.1 Å². The number of carbonyl (C=O) groups is 5. The van der Waals surface area contributed by atoms with Crippen molar-refractivity contribution in [2.75, 3.05) is 50.9 Å². The molecule has 4 aromatic rings. The second-order valence-electron chi connectivity index (χ2n) is 20.5. The van der Waals surface area contributed by atoms with Crippen molar-refractivity contribution in [3.05, 3.63) is 112 Å². The molecule has 17 heteroatoms. The van der Waals surface area contributed by atoms with Gasteiger partial charge in [0, 0.05) is 85.3 Å². The predicted octanol–water partition coefficient (Wildman–Crippen LogP) is 8.35. The summed E-state index contributed by atoms with van der Waals surface area (Å²) in [5, 5.41) is 9.81. The molecule has 4 aromatic carbocycles. The average molecular weight is 1040 g/mol. The number of anilines is 1. The van der Waals surface area contributed by atoms with Crippen molar-refractivity contribution < 1.29 is 47.3 Å². The molecule has 5 fully saturated rings. The second kappa shape index (κ2) is 24.5. The summed E-state index contributed by atoms with van der Waals surface area (Å²) in [6, 6.07) is 23.8. The van der Waals surface area contributed by atoms with Crippen LogP contribution in [-0.2, 0) is 23.9 Å². The van der Waals surface area contributed by atoms with E-state index in [-0.39, 0.29) is 108 Å². The van der Waals surface area contributed by atoms with Crippen molar-refractivity contribution in [1.82, 2.24) is 20.9 Å². The second-order valence-corrected chi connectivity index (χ2v) is 20.9. The van der Waals surface area contributed by atoms with E-state index in [0.717, 1.165) is 93.7 Å². The first kappa shape index (κ1) is 52.8. The maximum atomic E-state index is 16.4. The Labute approximate surface area is 437 Å². The molecule has 0 radical (unpaired) electrons. The van der Waals surface area contributed by atoms with Crippen LogP contribution in [0.15, 0.2) is 78.9 Å². The molecule has 0 aromatic heterocycles. The van der Waals surface area contributed by atoms with E-state index >= 15 is 4.39 Å². The summed E-state index contributed by atoms with van der Waals surface area (Å²) in [7, 11) is 0. The lowest BCUT2D eigenvalue weighted by Gasteiger charge is -2.36. The number of imide groups is 1. The zero-order valence-electron chi connectivity index (χ0n) is 42.1. The Hall–Kier alpha value is -6.07. The Morgan fingerprint density at radius 1 is 0.838 bits per heavy atom. The van der Waals surface area contributed by atoms with Crippen LogP contribution in [0.2, 0.25) is 5.02 Å². The third-order valence-corrected chi connectivity index (χ3v) is 15.8. The number of ether oxygens (including phenoxy) is 4. The van der Waals surface area contributed by atoms with Gasteiger partial charge in [-0.05, 0) is 131 Å². The maximum Gasteiger partial charge on any atom is 0.328 e. The van der Waals surface area contributed by atoms with E-state index in [1.807, 2.05) is 48.2 Å². The number of nitrogens with one attached hydrogen (secondary N) is 3. The molecule has 3 saturated heterocycles. The van der Waals surface area contributed by atoms with Crippen LogP contribution in [0.25, 0.3) is 11.1 Å². The molecule has 6 amide bonds. The number of urea groups is 1. The number of benzene rings is 4. The number of piperidine rings is 1. The highest BCUT2D eigenvalue weighted by Gasteiger charge is 2.33. The number of hydrogen-bond acceptors (Lipinski definition) is 10. The summed E-state index contributed by atoms with van der Waals surface area (Å²) in [5.41, 5.74) is 9.64. The number of rotatable bonds is 18. The number of likely N-dealkylation sites (tertiary alicyclic amines) is 1. The van der Waals surface area contributed by atoms with Gasteiger partial charge in [-0.15, -0.1) is 0 Å². The van der Waals surface area contributed by atoms with Crippen molar-refractivity contribution in [1.29, 1.82) is 0 Å². The summed E-state index contributed by atoms with van der Waals surface area (Å²) in [5.74, 6) is -1.44. The normalized spacial score (nSPS) is 23.0. The highest BCUT2D eigenvalue weighted by atomic mass is 35.5. The largest absolute Gasteiger partial charge is 0.488 e. The Morgan fingerprint density at radius 3 is 2.30 bits per heavy atom. The number of carbonyl (C=O) groups excluding carboxylic acids is 5. The van der Waals surface area contributed by atoms with Crippen LogP contribution >= 0.6 is 11.6 Å². The molecular formula is C57H68ClFN6O9. The van der Waals surface area contributed by atoms with Crippen molar-refractivity contribution in [2.24, 2.45) is 11.7 Å². The van der Waals surface area contributed by atoms with E-state index in [9.17, 15) is 24.0 Å². The summed E-state index contributed by atoms with van der Waals surface area (Å²) < 4.78 is 40.4. The van der Waals surface area contributed by atoms with E-state index in [1.165, 1.54) is 17.0 Å². The van der Waals surface area contributed by atoms with Gasteiger partial charge < -0.3 is 40.2 Å². The molecule has 2 saturated carbocycles. The first-order chi connectivity index (χ1) is 35.9. The van der Waals surface area contributed by atoms with Crippen LogP contribution in [0.5, 0.6) is 11.5 Å². The lowest BCUT2D eigenvalue weighted by molar-refractivity contribution is -0.137. The van der Waals surface area contributed by atoms with Gasteiger partial charge in [0.25, 0.3) is 5.91 Å². The van der Waals surface area contributed by atoms with Gasteiger partial charge in [0.1, 0.15) is 12.4 Å². The number of aryl methyl sites for hydroxylation is 1. The topological polar surface area (TPSA) is 191 Å². The number of nitrogens with two attached hydrogens (primary N) is 1. The fraction of sp³-hybridized carbons (Fsp3) is 0.491. The highest BCUT2D eigenvalue weighted by Crippen LogP contribution is 2.40. The third kappa shape index (κ3) is 13.1. The number of amides is 6. The van der Waals surface area contributed by atoms with Gasteiger partial charge in [0.2, 0.25) is 17.7 Å². The smallest absolute Gasteiger partial charge is 0.328 e. The van der Waals surface area contributed by atoms with Crippen molar-refractivity contribution in [3.63, 3.8) is 0 Å². The molecule has 9 rings (SSSR count). The molecule has 5 N–H and O–H groups in total. The van der Waals surface area contributed by atoms with Crippen molar-refractivity contribution in [3.8, 4) is 22.6 Å². The van der Waals surface area contributed by atoms with Crippen LogP contribution in [0.3, 0.4) is 0 Å². The molecule has 0 spiro atoms. The van der Waals surface area contributed by atoms with E-state index in [1.54, 1.807) is 18.2 Å². The number of primary amides is 1. The molecule has 5 aliphatic rings. The first-order valence-electron chi connectivity index (χ1n) is 26.4. The third-order valence-electron chi connectivity index (χ3n) is 15.5. The van der Waals surface area contributed by atoms with E-state index in [4.69, 9.17) is 36.3 Å². The van der Waals surface area contributed by atoms with Crippen LogP contribution in [0.1, 0.15) is 116 Å². The minimum Gasteiger partial charge on any atom is -0.488 e. The Balaban J connectivity index is 0.710. The van der Waals surface area contributed by atoms with Crippen LogP contribution < -0.4 is 36.1 Å². The van der Waals surface area contributed by atoms with Gasteiger partial charge in [0.05, 0.1) is 29.6 Å². The van der Waals surface area contributed by atoms with Crippen LogP contribution in [0.4, 0.5) is 14.9 Å².